The van der Waals surface area contributed by atoms with Gasteiger partial charge in [-0.15, -0.1) is 0 Å². The van der Waals surface area contributed by atoms with E-state index in [1.54, 1.807) is 7.11 Å². The van der Waals surface area contributed by atoms with Gasteiger partial charge >= 0.3 is 0 Å². The molecule has 1 N–H and O–H groups in total. The summed E-state index contributed by atoms with van der Waals surface area (Å²) >= 11 is 6.16. The first kappa shape index (κ1) is 15.1. The minimum absolute atomic E-state index is 0.00278. The van der Waals surface area contributed by atoms with Crippen LogP contribution in [0.3, 0.4) is 0 Å². The normalized spacial score (nSPS) is 12.6. The van der Waals surface area contributed by atoms with Crippen LogP contribution in [0.1, 0.15) is 35.6 Å². The van der Waals surface area contributed by atoms with Gasteiger partial charge in [0, 0.05) is 12.1 Å². The number of rotatable bonds is 6. The summed E-state index contributed by atoms with van der Waals surface area (Å²) in [6.45, 7) is 5.43. The zero-order chi connectivity index (χ0) is 14.5. The van der Waals surface area contributed by atoms with Crippen LogP contribution >= 0.6 is 11.6 Å². The van der Waals surface area contributed by atoms with E-state index in [-0.39, 0.29) is 6.04 Å². The van der Waals surface area contributed by atoms with Crippen LogP contribution in [0.5, 0.6) is 0 Å². The fourth-order valence-electron chi connectivity index (χ4n) is 2.29. The maximum Gasteiger partial charge on any atom is 0.129 e. The topological polar surface area (TPSA) is 34.4 Å². The molecule has 4 heteroatoms. The average Bonchev–Trinajstić information content (AvgIpc) is 2.83. The lowest BCUT2D eigenvalue weighted by Gasteiger charge is -2.17. The maximum atomic E-state index is 6.16. The number of furan rings is 1. The summed E-state index contributed by atoms with van der Waals surface area (Å²) in [5.74, 6) is 1.70. The van der Waals surface area contributed by atoms with E-state index >= 15 is 0 Å². The van der Waals surface area contributed by atoms with Gasteiger partial charge in [0.05, 0.1) is 6.04 Å². The van der Waals surface area contributed by atoms with E-state index in [2.05, 4.69) is 18.3 Å². The molecule has 3 nitrogen and oxygen atoms in total. The van der Waals surface area contributed by atoms with Gasteiger partial charge in [-0.2, -0.15) is 0 Å². The zero-order valence-corrected chi connectivity index (χ0v) is 12.8. The van der Waals surface area contributed by atoms with Crippen LogP contribution in [0.25, 0.3) is 0 Å². The molecule has 0 saturated carbocycles. The van der Waals surface area contributed by atoms with Gasteiger partial charge < -0.3 is 14.5 Å². The molecule has 1 heterocycles. The third-order valence-corrected chi connectivity index (χ3v) is 3.28. The highest BCUT2D eigenvalue weighted by Gasteiger charge is 2.17. The van der Waals surface area contributed by atoms with Crippen LogP contribution in [0.15, 0.2) is 34.7 Å². The molecule has 0 fully saturated rings. The van der Waals surface area contributed by atoms with Crippen LogP contribution in [0, 0.1) is 6.92 Å². The van der Waals surface area contributed by atoms with Crippen molar-refractivity contribution in [2.45, 2.75) is 26.5 Å². The van der Waals surface area contributed by atoms with Gasteiger partial charge in [0.2, 0.25) is 0 Å². The second-order valence-corrected chi connectivity index (χ2v) is 5.23. The molecule has 0 radical (unpaired) electrons. The van der Waals surface area contributed by atoms with E-state index in [9.17, 15) is 0 Å². The Bertz CT molecular complexity index is 545. The number of halogens is 1. The molecule has 2 rings (SSSR count). The first-order valence-corrected chi connectivity index (χ1v) is 7.10. The summed E-state index contributed by atoms with van der Waals surface area (Å²) in [7, 11) is 1.66. The summed E-state index contributed by atoms with van der Waals surface area (Å²) < 4.78 is 10.9. The minimum Gasteiger partial charge on any atom is -0.462 e. The Morgan fingerprint density at radius 1 is 1.30 bits per heavy atom. The molecule has 2 aromatic rings. The summed E-state index contributed by atoms with van der Waals surface area (Å²) in [6.07, 6.45) is 0. The Kier molecular flexibility index (Phi) is 5.24. The van der Waals surface area contributed by atoms with E-state index in [0.29, 0.717) is 6.61 Å². The Morgan fingerprint density at radius 3 is 2.75 bits per heavy atom. The minimum atomic E-state index is 0.00278. The van der Waals surface area contributed by atoms with Gasteiger partial charge in [-0.1, -0.05) is 24.6 Å². The number of methoxy groups -OCH3 is 1. The van der Waals surface area contributed by atoms with Crippen molar-refractivity contribution in [3.63, 3.8) is 0 Å². The van der Waals surface area contributed by atoms with E-state index in [4.69, 9.17) is 20.8 Å². The van der Waals surface area contributed by atoms with Crippen molar-refractivity contribution in [3.05, 3.63) is 58.0 Å². The molecule has 0 amide bonds. The largest absolute Gasteiger partial charge is 0.462 e. The maximum absolute atomic E-state index is 6.16. The summed E-state index contributed by atoms with van der Waals surface area (Å²) in [5, 5.41) is 4.17. The predicted molar refractivity (Wildman–Crippen MR) is 81.1 cm³/mol. The molecular formula is C16H20ClNO2. The molecule has 0 spiro atoms. The van der Waals surface area contributed by atoms with Crippen LogP contribution in [-0.4, -0.2) is 13.7 Å². The Morgan fingerprint density at radius 2 is 2.10 bits per heavy atom. The number of hydrogen-bond acceptors (Lipinski definition) is 3. The average molecular weight is 294 g/mol. The fourth-order valence-corrected chi connectivity index (χ4v) is 2.59. The summed E-state index contributed by atoms with van der Waals surface area (Å²) in [6, 6.07) is 9.98. The molecule has 1 unspecified atom stereocenters. The number of nitrogens with one attached hydrogen (secondary N) is 1. The number of hydrogen-bond donors (Lipinski definition) is 1. The van der Waals surface area contributed by atoms with Crippen molar-refractivity contribution in [1.82, 2.24) is 5.32 Å². The van der Waals surface area contributed by atoms with Crippen LogP contribution in [0.4, 0.5) is 0 Å². The first-order valence-electron chi connectivity index (χ1n) is 6.72. The lowest BCUT2D eigenvalue weighted by atomic mass is 10.0. The Hall–Kier alpha value is -1.29. The van der Waals surface area contributed by atoms with E-state index in [1.165, 1.54) is 0 Å². The van der Waals surface area contributed by atoms with Gasteiger partial charge in [0.15, 0.2) is 0 Å². The predicted octanol–water partition coefficient (Wildman–Crippen LogP) is 4.09. The second kappa shape index (κ2) is 6.93. The molecule has 0 bridgehead atoms. The van der Waals surface area contributed by atoms with Gasteiger partial charge in [0.1, 0.15) is 18.1 Å². The van der Waals surface area contributed by atoms with Crippen molar-refractivity contribution in [2.75, 3.05) is 13.7 Å². The van der Waals surface area contributed by atoms with E-state index in [0.717, 1.165) is 34.2 Å². The van der Waals surface area contributed by atoms with Gasteiger partial charge in [0.25, 0.3) is 0 Å². The SMILES string of the molecule is CCNC(c1cc(C)cc(Cl)c1)c1ccc(COC)o1. The van der Waals surface area contributed by atoms with Crippen molar-refractivity contribution < 1.29 is 9.15 Å². The van der Waals surface area contributed by atoms with Crippen LogP contribution in [0.2, 0.25) is 5.02 Å². The van der Waals surface area contributed by atoms with Gasteiger partial charge in [-0.25, -0.2) is 0 Å². The van der Waals surface area contributed by atoms with Crippen molar-refractivity contribution >= 4 is 11.6 Å². The molecule has 1 aromatic heterocycles. The van der Waals surface area contributed by atoms with Crippen molar-refractivity contribution in [2.24, 2.45) is 0 Å². The van der Waals surface area contributed by atoms with Crippen LogP contribution in [-0.2, 0) is 11.3 Å². The molecular weight excluding hydrogens is 274 g/mol. The van der Waals surface area contributed by atoms with Crippen molar-refractivity contribution in [1.29, 1.82) is 0 Å². The molecule has 0 aliphatic heterocycles. The Balaban J connectivity index is 2.33. The highest BCUT2D eigenvalue weighted by Crippen LogP contribution is 2.27. The number of ether oxygens (including phenoxy) is 1. The lowest BCUT2D eigenvalue weighted by molar-refractivity contribution is 0.162. The van der Waals surface area contributed by atoms with Gasteiger partial charge in [-0.05, 0) is 48.9 Å². The third kappa shape index (κ3) is 3.63. The van der Waals surface area contributed by atoms with E-state index < -0.39 is 0 Å². The standard InChI is InChI=1S/C16H20ClNO2/c1-4-18-16(12-7-11(2)8-13(17)9-12)15-6-5-14(20-15)10-19-3/h5-9,16,18H,4,10H2,1-3H3. The smallest absolute Gasteiger partial charge is 0.129 e. The third-order valence-electron chi connectivity index (χ3n) is 3.06. The molecule has 0 aliphatic rings. The molecule has 108 valence electrons. The highest BCUT2D eigenvalue weighted by atomic mass is 35.5. The van der Waals surface area contributed by atoms with Crippen LogP contribution < -0.4 is 5.32 Å². The zero-order valence-electron chi connectivity index (χ0n) is 12.1. The second-order valence-electron chi connectivity index (χ2n) is 4.79. The Labute approximate surface area is 124 Å². The molecule has 0 aliphatic carbocycles. The monoisotopic (exact) mass is 293 g/mol. The number of aryl methyl sites for hydroxylation is 1. The van der Waals surface area contributed by atoms with Gasteiger partial charge in [-0.3, -0.25) is 0 Å². The molecule has 1 aromatic carbocycles. The highest BCUT2D eigenvalue weighted by molar-refractivity contribution is 6.30. The summed E-state index contributed by atoms with van der Waals surface area (Å²) in [5.41, 5.74) is 2.24. The van der Waals surface area contributed by atoms with Crippen molar-refractivity contribution in [3.8, 4) is 0 Å². The first-order chi connectivity index (χ1) is 9.63. The molecule has 0 saturated heterocycles. The quantitative estimate of drug-likeness (QED) is 0.871. The molecule has 1 atom stereocenters. The summed E-state index contributed by atoms with van der Waals surface area (Å²) in [4.78, 5) is 0. The van der Waals surface area contributed by atoms with E-state index in [1.807, 2.05) is 31.2 Å². The number of benzene rings is 1. The molecule has 20 heavy (non-hydrogen) atoms. The fraction of sp³-hybridized carbons (Fsp3) is 0.375. The lowest BCUT2D eigenvalue weighted by Crippen LogP contribution is -2.21.